The minimum atomic E-state index is 0.145. The molecule has 2 N–H and O–H groups in total. The van der Waals surface area contributed by atoms with Gasteiger partial charge in [0.2, 0.25) is 0 Å². The van der Waals surface area contributed by atoms with Crippen LogP contribution in [0.1, 0.15) is 11.1 Å². The first-order chi connectivity index (χ1) is 15.6. The van der Waals surface area contributed by atoms with Crippen molar-refractivity contribution in [2.75, 3.05) is 14.2 Å². The molecule has 9 heteroatoms. The summed E-state index contributed by atoms with van der Waals surface area (Å²) in [7, 11) is 3.24. The number of H-pyrrole nitrogens is 1. The van der Waals surface area contributed by atoms with E-state index in [2.05, 4.69) is 9.97 Å². The SMILES string of the molecule is COc1ccc(OC)c(Sc2nc3c([nH]2)c(=N)ncn3CCc2ccc(CC=O)cc2)c1. The lowest BCUT2D eigenvalue weighted by Crippen LogP contribution is -2.13. The number of fused-ring (bicyclic) bond motifs is 1. The van der Waals surface area contributed by atoms with Crippen molar-refractivity contribution in [1.29, 1.82) is 5.41 Å². The first-order valence-corrected chi connectivity index (χ1v) is 10.8. The van der Waals surface area contributed by atoms with Crippen molar-refractivity contribution in [2.45, 2.75) is 29.4 Å². The summed E-state index contributed by atoms with van der Waals surface area (Å²) in [5, 5.41) is 8.82. The molecule has 0 unspecified atom stereocenters. The van der Waals surface area contributed by atoms with Crippen molar-refractivity contribution in [3.63, 3.8) is 0 Å². The average Bonchev–Trinajstić information content (AvgIpc) is 3.24. The molecule has 0 aliphatic heterocycles. The second-order valence-electron chi connectivity index (χ2n) is 7.08. The van der Waals surface area contributed by atoms with Crippen LogP contribution in [-0.2, 0) is 24.2 Å². The van der Waals surface area contributed by atoms with Gasteiger partial charge < -0.3 is 23.8 Å². The molecule has 0 aliphatic carbocycles. The molecule has 164 valence electrons. The highest BCUT2D eigenvalue weighted by atomic mass is 32.2. The maximum atomic E-state index is 10.7. The molecule has 8 nitrogen and oxygen atoms in total. The molecule has 0 atom stereocenters. The highest BCUT2D eigenvalue weighted by molar-refractivity contribution is 7.99. The number of hydrogen-bond acceptors (Lipinski definition) is 7. The molecular formula is C23H23N5O3S. The van der Waals surface area contributed by atoms with Crippen molar-refractivity contribution >= 4 is 29.2 Å². The van der Waals surface area contributed by atoms with Crippen molar-refractivity contribution < 1.29 is 14.3 Å². The predicted molar refractivity (Wildman–Crippen MR) is 121 cm³/mol. The van der Waals surface area contributed by atoms with Crippen LogP contribution in [0.25, 0.3) is 11.2 Å². The lowest BCUT2D eigenvalue weighted by atomic mass is 10.1. The summed E-state index contributed by atoms with van der Waals surface area (Å²) in [4.78, 5) is 23.7. The number of nitrogens with one attached hydrogen (secondary N) is 2. The van der Waals surface area contributed by atoms with Gasteiger partial charge in [-0.3, -0.25) is 5.41 Å². The number of nitrogens with zero attached hydrogens (tertiary/aromatic N) is 3. The van der Waals surface area contributed by atoms with Gasteiger partial charge in [-0.2, -0.15) is 0 Å². The number of aromatic amines is 1. The molecule has 0 saturated carbocycles. The van der Waals surface area contributed by atoms with E-state index in [0.717, 1.165) is 34.5 Å². The Balaban J connectivity index is 1.59. The third-order valence-electron chi connectivity index (χ3n) is 5.06. The Morgan fingerprint density at radius 2 is 1.91 bits per heavy atom. The van der Waals surface area contributed by atoms with Gasteiger partial charge in [-0.15, -0.1) is 0 Å². The molecule has 0 radical (unpaired) electrons. The zero-order chi connectivity index (χ0) is 22.5. The van der Waals surface area contributed by atoms with Gasteiger partial charge in [0.15, 0.2) is 16.3 Å². The Kier molecular flexibility index (Phi) is 6.55. The van der Waals surface area contributed by atoms with E-state index < -0.39 is 0 Å². The highest BCUT2D eigenvalue weighted by Gasteiger charge is 2.13. The summed E-state index contributed by atoms with van der Waals surface area (Å²) in [6.07, 6.45) is 3.76. The second kappa shape index (κ2) is 9.69. The minimum Gasteiger partial charge on any atom is -0.497 e. The van der Waals surface area contributed by atoms with E-state index in [9.17, 15) is 4.79 Å². The van der Waals surface area contributed by atoms with Gasteiger partial charge in [0.25, 0.3) is 0 Å². The average molecular weight is 450 g/mol. The Morgan fingerprint density at radius 3 is 2.62 bits per heavy atom. The molecule has 0 saturated heterocycles. The van der Waals surface area contributed by atoms with Crippen LogP contribution >= 0.6 is 11.8 Å². The lowest BCUT2D eigenvalue weighted by molar-refractivity contribution is -0.107. The van der Waals surface area contributed by atoms with Gasteiger partial charge in [0, 0.05) is 13.0 Å². The maximum Gasteiger partial charge on any atom is 0.173 e. The van der Waals surface area contributed by atoms with E-state index in [1.54, 1.807) is 20.5 Å². The maximum absolute atomic E-state index is 10.7. The van der Waals surface area contributed by atoms with E-state index in [4.69, 9.17) is 19.9 Å². The smallest absolute Gasteiger partial charge is 0.173 e. The number of ether oxygens (including phenoxy) is 2. The second-order valence-corrected chi connectivity index (χ2v) is 8.11. The topological polar surface area (TPSA) is 106 Å². The number of carbonyl (C=O) groups is 1. The zero-order valence-corrected chi connectivity index (χ0v) is 18.6. The van der Waals surface area contributed by atoms with Crippen LogP contribution in [0.15, 0.2) is 58.8 Å². The van der Waals surface area contributed by atoms with Gasteiger partial charge in [0.05, 0.1) is 25.4 Å². The normalized spacial score (nSPS) is 10.9. The lowest BCUT2D eigenvalue weighted by Gasteiger charge is -2.08. The number of methoxy groups -OCH3 is 2. The Hall–Kier alpha value is -3.59. The fourth-order valence-electron chi connectivity index (χ4n) is 3.33. The van der Waals surface area contributed by atoms with Crippen LogP contribution in [0.4, 0.5) is 0 Å². The molecule has 4 aromatic rings. The molecule has 0 aliphatic rings. The van der Waals surface area contributed by atoms with Crippen molar-refractivity contribution in [3.05, 3.63) is 65.4 Å². The number of benzene rings is 2. The van der Waals surface area contributed by atoms with E-state index in [-0.39, 0.29) is 5.49 Å². The monoisotopic (exact) mass is 449 g/mol. The first kappa shape index (κ1) is 21.6. The van der Waals surface area contributed by atoms with Crippen LogP contribution in [0.2, 0.25) is 0 Å². The summed E-state index contributed by atoms with van der Waals surface area (Å²) < 4.78 is 12.7. The molecule has 4 rings (SSSR count). The number of aryl methyl sites for hydroxylation is 2. The molecule has 0 fully saturated rings. The number of hydrogen-bond donors (Lipinski definition) is 2. The largest absolute Gasteiger partial charge is 0.497 e. The molecular weight excluding hydrogens is 426 g/mol. The van der Waals surface area contributed by atoms with Crippen LogP contribution < -0.4 is 15.0 Å². The predicted octanol–water partition coefficient (Wildman–Crippen LogP) is 3.39. The Morgan fingerprint density at radius 1 is 1.12 bits per heavy atom. The summed E-state index contributed by atoms with van der Waals surface area (Å²) in [6.45, 7) is 0.661. The van der Waals surface area contributed by atoms with E-state index in [1.165, 1.54) is 11.8 Å². The Labute approximate surface area is 189 Å². The van der Waals surface area contributed by atoms with E-state index in [0.29, 0.717) is 35.0 Å². The number of imidazole rings is 1. The van der Waals surface area contributed by atoms with E-state index in [1.807, 2.05) is 47.0 Å². The molecule has 2 aromatic heterocycles. The van der Waals surface area contributed by atoms with Crippen molar-refractivity contribution in [3.8, 4) is 11.5 Å². The molecule has 2 heterocycles. The third-order valence-corrected chi connectivity index (χ3v) is 5.98. The van der Waals surface area contributed by atoms with Gasteiger partial charge in [-0.05, 0) is 47.5 Å². The molecule has 32 heavy (non-hydrogen) atoms. The summed E-state index contributed by atoms with van der Waals surface area (Å²) in [5.74, 6) is 1.44. The summed E-state index contributed by atoms with van der Waals surface area (Å²) in [6, 6.07) is 13.6. The quantitative estimate of drug-likeness (QED) is 0.380. The molecule has 0 spiro atoms. The van der Waals surface area contributed by atoms with Crippen LogP contribution in [0.3, 0.4) is 0 Å². The van der Waals surface area contributed by atoms with E-state index >= 15 is 0 Å². The molecule has 0 bridgehead atoms. The Bertz CT molecular complexity index is 1300. The van der Waals surface area contributed by atoms with Crippen LogP contribution in [-0.4, -0.2) is 40.0 Å². The third kappa shape index (κ3) is 4.67. The summed E-state index contributed by atoms with van der Waals surface area (Å²) in [5.41, 5.74) is 3.55. The molecule has 2 aromatic carbocycles. The fraction of sp³-hybridized carbons (Fsp3) is 0.217. The zero-order valence-electron chi connectivity index (χ0n) is 17.8. The standard InChI is InChI=1S/C23H23N5O3S/c1-30-17-7-8-18(31-2)19(13-17)32-23-26-20-21(24)25-14-28(22(20)27-23)11-9-15-3-5-16(6-4-15)10-12-29/h3-8,12-14,24H,9-11H2,1-2H3,(H,26,27). The van der Waals surface area contributed by atoms with Gasteiger partial charge in [-0.25, -0.2) is 9.97 Å². The van der Waals surface area contributed by atoms with Crippen molar-refractivity contribution in [2.24, 2.45) is 0 Å². The minimum absolute atomic E-state index is 0.145. The number of aromatic nitrogens is 4. The highest BCUT2D eigenvalue weighted by Crippen LogP contribution is 2.36. The number of rotatable bonds is 9. The fourth-order valence-corrected chi connectivity index (χ4v) is 4.25. The number of aldehydes is 1. The van der Waals surface area contributed by atoms with Crippen LogP contribution in [0, 0.1) is 5.41 Å². The molecule has 0 amide bonds. The van der Waals surface area contributed by atoms with Crippen molar-refractivity contribution in [1.82, 2.24) is 19.5 Å². The van der Waals surface area contributed by atoms with Gasteiger partial charge >= 0.3 is 0 Å². The van der Waals surface area contributed by atoms with Crippen LogP contribution in [0.5, 0.6) is 11.5 Å². The van der Waals surface area contributed by atoms with Gasteiger partial charge in [-0.1, -0.05) is 24.3 Å². The first-order valence-electron chi connectivity index (χ1n) is 10.0. The van der Waals surface area contributed by atoms with Gasteiger partial charge in [0.1, 0.15) is 23.3 Å². The number of carbonyl (C=O) groups excluding carboxylic acids is 1. The summed E-state index contributed by atoms with van der Waals surface area (Å²) >= 11 is 1.41.